The lowest BCUT2D eigenvalue weighted by Gasteiger charge is -2.03. The summed E-state index contributed by atoms with van der Waals surface area (Å²) in [5.41, 5.74) is 5.22. The quantitative estimate of drug-likeness (QED) is 0.722. The minimum Gasteiger partial charge on any atom is -0.309 e. The van der Waals surface area contributed by atoms with Crippen molar-refractivity contribution in [3.05, 3.63) is 53.5 Å². The molecular weight excluding hydrogens is 158 g/mol. The third kappa shape index (κ3) is 1.81. The van der Waals surface area contributed by atoms with E-state index in [-0.39, 0.29) is 0 Å². The standard InChI is InChI=1S/C12H14N/c1-9(2)5-10-3-4-11-7-13-8-12(11)6-10/h3-6,13H,1,7-8H2,2H3. The molecule has 1 aromatic rings. The zero-order valence-electron chi connectivity index (χ0n) is 7.93. The van der Waals surface area contributed by atoms with Gasteiger partial charge in [-0.2, -0.15) is 0 Å². The normalized spacial score (nSPS) is 14.2. The maximum atomic E-state index is 3.87. The van der Waals surface area contributed by atoms with Crippen LogP contribution in [0, 0.1) is 6.42 Å². The zero-order chi connectivity index (χ0) is 9.26. The van der Waals surface area contributed by atoms with Crippen LogP contribution in [0.15, 0.2) is 30.4 Å². The molecule has 1 aliphatic heterocycles. The molecule has 1 heteroatoms. The second-order valence-corrected chi connectivity index (χ2v) is 3.62. The molecule has 0 fully saturated rings. The van der Waals surface area contributed by atoms with Crippen molar-refractivity contribution < 1.29 is 0 Å². The van der Waals surface area contributed by atoms with Crippen LogP contribution in [0.4, 0.5) is 0 Å². The van der Waals surface area contributed by atoms with Crippen LogP contribution in [0.25, 0.3) is 0 Å². The first-order valence-corrected chi connectivity index (χ1v) is 4.58. The number of hydrogen-bond donors (Lipinski definition) is 1. The first-order valence-electron chi connectivity index (χ1n) is 4.58. The second-order valence-electron chi connectivity index (χ2n) is 3.62. The van der Waals surface area contributed by atoms with Gasteiger partial charge < -0.3 is 5.32 Å². The van der Waals surface area contributed by atoms with Crippen LogP contribution in [0.3, 0.4) is 0 Å². The molecule has 0 saturated heterocycles. The SMILES string of the molecule is C=C(C)[CH]c1ccc2c(c1)CNC2. The lowest BCUT2D eigenvalue weighted by atomic mass is 10.0. The summed E-state index contributed by atoms with van der Waals surface area (Å²) in [7, 11) is 0. The van der Waals surface area contributed by atoms with Crippen molar-refractivity contribution in [2.24, 2.45) is 0 Å². The maximum Gasteiger partial charge on any atom is 0.0212 e. The molecule has 0 unspecified atom stereocenters. The van der Waals surface area contributed by atoms with Crippen LogP contribution in [0.2, 0.25) is 0 Å². The Morgan fingerprint density at radius 2 is 2.15 bits per heavy atom. The van der Waals surface area contributed by atoms with Gasteiger partial charge >= 0.3 is 0 Å². The Morgan fingerprint density at radius 1 is 1.38 bits per heavy atom. The van der Waals surface area contributed by atoms with E-state index in [4.69, 9.17) is 0 Å². The molecular formula is C12H14N. The van der Waals surface area contributed by atoms with E-state index >= 15 is 0 Å². The van der Waals surface area contributed by atoms with Gasteiger partial charge in [0, 0.05) is 19.5 Å². The Morgan fingerprint density at radius 3 is 2.92 bits per heavy atom. The monoisotopic (exact) mass is 172 g/mol. The zero-order valence-corrected chi connectivity index (χ0v) is 7.93. The molecule has 1 radical (unpaired) electrons. The van der Waals surface area contributed by atoms with Crippen LogP contribution >= 0.6 is 0 Å². The first kappa shape index (κ1) is 8.52. The molecule has 1 heterocycles. The summed E-state index contributed by atoms with van der Waals surface area (Å²) >= 11 is 0. The second kappa shape index (κ2) is 3.35. The van der Waals surface area contributed by atoms with Gasteiger partial charge in [0.25, 0.3) is 0 Å². The van der Waals surface area contributed by atoms with E-state index in [1.807, 2.05) is 6.92 Å². The highest BCUT2D eigenvalue weighted by molar-refractivity contribution is 5.40. The van der Waals surface area contributed by atoms with Gasteiger partial charge in [-0.3, -0.25) is 0 Å². The molecule has 2 rings (SSSR count). The molecule has 0 spiro atoms. The fourth-order valence-corrected chi connectivity index (χ4v) is 1.69. The summed E-state index contributed by atoms with van der Waals surface area (Å²) in [5, 5.41) is 3.33. The molecule has 0 amide bonds. The summed E-state index contributed by atoms with van der Waals surface area (Å²) in [6.45, 7) is 7.92. The number of fused-ring (bicyclic) bond motifs is 1. The van der Waals surface area contributed by atoms with Crippen molar-refractivity contribution in [1.29, 1.82) is 0 Å². The highest BCUT2D eigenvalue weighted by Crippen LogP contribution is 2.19. The van der Waals surface area contributed by atoms with Gasteiger partial charge in [0.2, 0.25) is 0 Å². The lowest BCUT2D eigenvalue weighted by Crippen LogP contribution is -1.99. The molecule has 0 saturated carbocycles. The van der Waals surface area contributed by atoms with E-state index < -0.39 is 0 Å². The van der Waals surface area contributed by atoms with E-state index in [0.29, 0.717) is 0 Å². The smallest absolute Gasteiger partial charge is 0.0212 e. The number of benzene rings is 1. The lowest BCUT2D eigenvalue weighted by molar-refractivity contribution is 0.765. The molecule has 0 bridgehead atoms. The van der Waals surface area contributed by atoms with Crippen molar-refractivity contribution in [3.63, 3.8) is 0 Å². The van der Waals surface area contributed by atoms with E-state index in [1.165, 1.54) is 16.7 Å². The minimum absolute atomic E-state index is 1.01. The van der Waals surface area contributed by atoms with Crippen LogP contribution in [0.5, 0.6) is 0 Å². The highest BCUT2D eigenvalue weighted by Gasteiger charge is 2.09. The average molecular weight is 172 g/mol. The van der Waals surface area contributed by atoms with E-state index in [9.17, 15) is 0 Å². The van der Waals surface area contributed by atoms with Gasteiger partial charge in [-0.15, -0.1) is 0 Å². The number of rotatable bonds is 2. The first-order chi connectivity index (χ1) is 6.25. The highest BCUT2D eigenvalue weighted by atomic mass is 14.9. The number of allylic oxidation sites excluding steroid dienone is 1. The van der Waals surface area contributed by atoms with Gasteiger partial charge in [-0.05, 0) is 23.6 Å². The summed E-state index contributed by atoms with van der Waals surface area (Å²) in [4.78, 5) is 0. The molecule has 1 aromatic carbocycles. The molecule has 1 nitrogen and oxygen atoms in total. The minimum atomic E-state index is 1.01. The van der Waals surface area contributed by atoms with Gasteiger partial charge in [-0.25, -0.2) is 0 Å². The van der Waals surface area contributed by atoms with Crippen LogP contribution in [0.1, 0.15) is 23.6 Å². The Balaban J connectivity index is 2.25. The predicted molar refractivity (Wildman–Crippen MR) is 55.2 cm³/mol. The summed E-state index contributed by atoms with van der Waals surface area (Å²) in [6, 6.07) is 6.59. The molecule has 0 aliphatic carbocycles. The summed E-state index contributed by atoms with van der Waals surface area (Å²) in [6.07, 6.45) is 2.11. The number of hydrogen-bond acceptors (Lipinski definition) is 1. The Kier molecular flexibility index (Phi) is 2.19. The fourth-order valence-electron chi connectivity index (χ4n) is 1.69. The van der Waals surface area contributed by atoms with Gasteiger partial charge in [0.1, 0.15) is 0 Å². The van der Waals surface area contributed by atoms with Crippen LogP contribution in [-0.4, -0.2) is 0 Å². The maximum absolute atomic E-state index is 3.87. The van der Waals surface area contributed by atoms with Crippen molar-refractivity contribution in [2.75, 3.05) is 0 Å². The Labute approximate surface area is 79.5 Å². The summed E-state index contributed by atoms with van der Waals surface area (Å²) < 4.78 is 0. The molecule has 0 aromatic heterocycles. The van der Waals surface area contributed by atoms with Crippen molar-refractivity contribution in [1.82, 2.24) is 5.32 Å². The molecule has 1 aliphatic rings. The molecule has 0 atom stereocenters. The average Bonchev–Trinajstić information content (AvgIpc) is 2.49. The van der Waals surface area contributed by atoms with Crippen LogP contribution < -0.4 is 5.32 Å². The fraction of sp³-hybridized carbons (Fsp3) is 0.250. The van der Waals surface area contributed by atoms with Gasteiger partial charge in [-0.1, -0.05) is 30.4 Å². The molecule has 13 heavy (non-hydrogen) atoms. The van der Waals surface area contributed by atoms with E-state index in [0.717, 1.165) is 18.7 Å². The van der Waals surface area contributed by atoms with Gasteiger partial charge in [0.15, 0.2) is 0 Å². The topological polar surface area (TPSA) is 12.0 Å². The van der Waals surface area contributed by atoms with Gasteiger partial charge in [0.05, 0.1) is 0 Å². The Hall–Kier alpha value is -1.08. The predicted octanol–water partition coefficient (Wildman–Crippen LogP) is 2.42. The van der Waals surface area contributed by atoms with E-state index in [1.54, 1.807) is 0 Å². The largest absolute Gasteiger partial charge is 0.309 e. The third-order valence-electron chi connectivity index (χ3n) is 2.27. The van der Waals surface area contributed by atoms with Crippen molar-refractivity contribution in [2.45, 2.75) is 20.0 Å². The van der Waals surface area contributed by atoms with Crippen molar-refractivity contribution >= 4 is 0 Å². The summed E-state index contributed by atoms with van der Waals surface area (Å²) in [5.74, 6) is 0. The molecule has 67 valence electrons. The Bertz CT molecular complexity index is 339. The third-order valence-corrected chi connectivity index (χ3v) is 2.27. The van der Waals surface area contributed by atoms with E-state index in [2.05, 4.69) is 36.5 Å². The molecule has 1 N–H and O–H groups in total. The van der Waals surface area contributed by atoms with Crippen molar-refractivity contribution in [3.8, 4) is 0 Å². The number of nitrogens with one attached hydrogen (secondary N) is 1. The van der Waals surface area contributed by atoms with Crippen LogP contribution in [-0.2, 0) is 13.1 Å².